The summed E-state index contributed by atoms with van der Waals surface area (Å²) in [5, 5.41) is 0. The first-order valence-corrected chi connectivity index (χ1v) is 7.85. The molecule has 22 heavy (non-hydrogen) atoms. The summed E-state index contributed by atoms with van der Waals surface area (Å²) in [4.78, 5) is 22.5. The first-order valence-electron chi connectivity index (χ1n) is 6.37. The van der Waals surface area contributed by atoms with E-state index < -0.39 is 40.2 Å². The van der Waals surface area contributed by atoms with Gasteiger partial charge in [0.1, 0.15) is 6.61 Å². The summed E-state index contributed by atoms with van der Waals surface area (Å²) in [5.41, 5.74) is -5.83. The van der Waals surface area contributed by atoms with E-state index in [0.717, 1.165) is 11.1 Å². The molecule has 128 valence electrons. The molecule has 1 heterocycles. The van der Waals surface area contributed by atoms with Crippen LogP contribution >= 0.6 is 0 Å². The van der Waals surface area contributed by atoms with E-state index in [0.29, 0.717) is 13.2 Å². The van der Waals surface area contributed by atoms with Gasteiger partial charge in [0, 0.05) is 6.42 Å². The molecule has 0 unspecified atom stereocenters. The zero-order valence-electron chi connectivity index (χ0n) is 11.7. The Labute approximate surface area is 125 Å². The fourth-order valence-corrected chi connectivity index (χ4v) is 2.08. The van der Waals surface area contributed by atoms with E-state index in [1.165, 1.54) is 0 Å². The number of nitrogens with one attached hydrogen (secondary N) is 1. The van der Waals surface area contributed by atoms with Crippen LogP contribution in [-0.4, -0.2) is 45.6 Å². The minimum Gasteiger partial charge on any atom is -0.465 e. The molecular formula is C11H16F3NO6S. The number of hydrogen-bond donors (Lipinski definition) is 1. The van der Waals surface area contributed by atoms with Crippen LogP contribution in [0.25, 0.3) is 0 Å². The minimum absolute atomic E-state index is 0.0881. The minimum atomic E-state index is -5.75. The second-order valence-corrected chi connectivity index (χ2v) is 6.66. The lowest BCUT2D eigenvalue weighted by Crippen LogP contribution is -2.46. The number of ether oxygens (including phenoxy) is 2. The summed E-state index contributed by atoms with van der Waals surface area (Å²) in [5.74, 6) is -2.22. The Morgan fingerprint density at radius 1 is 1.27 bits per heavy atom. The van der Waals surface area contributed by atoms with Crippen molar-refractivity contribution in [3.63, 3.8) is 0 Å². The van der Waals surface area contributed by atoms with Crippen molar-refractivity contribution >= 4 is 21.9 Å². The first kappa shape index (κ1) is 18.7. The van der Waals surface area contributed by atoms with Crippen LogP contribution in [-0.2, 0) is 29.1 Å². The fourth-order valence-electron chi connectivity index (χ4n) is 1.56. The first-order chi connectivity index (χ1) is 10.0. The molecule has 0 radical (unpaired) electrons. The van der Waals surface area contributed by atoms with Crippen molar-refractivity contribution in [2.24, 2.45) is 5.41 Å². The molecule has 0 aromatic rings. The van der Waals surface area contributed by atoms with Crippen molar-refractivity contribution in [2.75, 3.05) is 19.8 Å². The Kier molecular flexibility index (Phi) is 5.79. The predicted octanol–water partition coefficient (Wildman–Crippen LogP) is 0.702. The smallest absolute Gasteiger partial charge is 0.465 e. The summed E-state index contributed by atoms with van der Waals surface area (Å²) in [6.07, 6.45) is -0.506. The molecule has 0 aromatic carbocycles. The lowest BCUT2D eigenvalue weighted by atomic mass is 9.84. The van der Waals surface area contributed by atoms with Crippen LogP contribution in [0.4, 0.5) is 13.2 Å². The van der Waals surface area contributed by atoms with Crippen LogP contribution in [0, 0.1) is 5.41 Å². The maximum atomic E-state index is 12.0. The summed E-state index contributed by atoms with van der Waals surface area (Å²) >= 11 is 0. The molecular weight excluding hydrogens is 331 g/mol. The van der Waals surface area contributed by atoms with Gasteiger partial charge >= 0.3 is 21.5 Å². The van der Waals surface area contributed by atoms with Crippen molar-refractivity contribution in [1.29, 1.82) is 0 Å². The average Bonchev–Trinajstić information content (AvgIpc) is 2.33. The summed E-state index contributed by atoms with van der Waals surface area (Å²) < 4.78 is 68.2. The molecule has 1 saturated heterocycles. The number of hydrogen-bond acceptors (Lipinski definition) is 6. The molecule has 1 amide bonds. The van der Waals surface area contributed by atoms with Crippen LogP contribution in [0.3, 0.4) is 0 Å². The Balaban J connectivity index is 2.34. The maximum absolute atomic E-state index is 12.0. The normalized spacial score (nSPS) is 17.5. The van der Waals surface area contributed by atoms with Gasteiger partial charge in [-0.25, -0.2) is 4.72 Å². The zero-order valence-corrected chi connectivity index (χ0v) is 12.6. The second-order valence-electron chi connectivity index (χ2n) is 4.98. The number of carbonyl (C=O) groups excluding carboxylic acids is 2. The Hall–Kier alpha value is -1.36. The van der Waals surface area contributed by atoms with Gasteiger partial charge in [0.05, 0.1) is 25.0 Å². The van der Waals surface area contributed by atoms with E-state index in [9.17, 15) is 31.2 Å². The molecule has 1 aliphatic heterocycles. The summed E-state index contributed by atoms with van der Waals surface area (Å²) in [7, 11) is -5.75. The lowest BCUT2D eigenvalue weighted by molar-refractivity contribution is -0.170. The van der Waals surface area contributed by atoms with Gasteiger partial charge in [0.25, 0.3) is 0 Å². The number of esters is 1. The van der Waals surface area contributed by atoms with Gasteiger partial charge in [-0.15, -0.1) is 0 Å². The quantitative estimate of drug-likeness (QED) is 0.681. The Bertz CT molecular complexity index is 521. The molecule has 1 aliphatic rings. The fraction of sp³-hybridized carbons (Fsp3) is 0.818. The molecule has 1 fully saturated rings. The maximum Gasteiger partial charge on any atom is 0.516 e. The third-order valence-corrected chi connectivity index (χ3v) is 4.32. The van der Waals surface area contributed by atoms with Crippen molar-refractivity contribution in [3.05, 3.63) is 0 Å². The number of carbonyl (C=O) groups is 2. The molecule has 0 saturated carbocycles. The van der Waals surface area contributed by atoms with Gasteiger partial charge in [-0.3, -0.25) is 9.59 Å². The number of sulfonamides is 1. The molecule has 7 nitrogen and oxygen atoms in total. The van der Waals surface area contributed by atoms with Gasteiger partial charge in [0.2, 0.25) is 5.91 Å². The molecule has 0 spiro atoms. The monoisotopic (exact) mass is 347 g/mol. The SMILES string of the molecule is CCC1(COC(=O)CCC(=O)NS(=O)(=O)C(F)(F)F)COC1. The molecule has 0 bridgehead atoms. The highest BCUT2D eigenvalue weighted by atomic mass is 32.2. The van der Waals surface area contributed by atoms with Crippen molar-refractivity contribution in [3.8, 4) is 0 Å². The van der Waals surface area contributed by atoms with Gasteiger partial charge in [-0.05, 0) is 6.42 Å². The van der Waals surface area contributed by atoms with Crippen molar-refractivity contribution < 1.29 is 40.7 Å². The van der Waals surface area contributed by atoms with E-state index in [2.05, 4.69) is 0 Å². The Morgan fingerprint density at radius 3 is 2.27 bits per heavy atom. The molecule has 0 atom stereocenters. The molecule has 1 rings (SSSR count). The second kappa shape index (κ2) is 6.82. The largest absolute Gasteiger partial charge is 0.516 e. The van der Waals surface area contributed by atoms with Crippen molar-refractivity contribution in [2.45, 2.75) is 31.7 Å². The highest BCUT2D eigenvalue weighted by Gasteiger charge is 2.47. The number of amides is 1. The van der Waals surface area contributed by atoms with E-state index in [4.69, 9.17) is 9.47 Å². The standard InChI is InChI=1S/C11H16F3NO6S/c1-2-10(5-20-6-10)7-21-9(17)4-3-8(16)15-22(18,19)11(12,13)14/h2-7H2,1H3,(H,15,16). The van der Waals surface area contributed by atoms with Gasteiger partial charge in [0.15, 0.2) is 0 Å². The van der Waals surface area contributed by atoms with Gasteiger partial charge in [-0.2, -0.15) is 21.6 Å². The summed E-state index contributed by atoms with van der Waals surface area (Å²) in [6.45, 7) is 2.87. The van der Waals surface area contributed by atoms with Crippen LogP contribution < -0.4 is 4.72 Å². The van der Waals surface area contributed by atoms with E-state index in [-0.39, 0.29) is 12.0 Å². The Morgan fingerprint density at radius 2 is 1.86 bits per heavy atom. The lowest BCUT2D eigenvalue weighted by Gasteiger charge is -2.39. The van der Waals surface area contributed by atoms with Crippen molar-refractivity contribution in [1.82, 2.24) is 4.72 Å². The number of alkyl halides is 3. The van der Waals surface area contributed by atoms with Crippen LogP contribution in [0.1, 0.15) is 26.2 Å². The summed E-state index contributed by atoms with van der Waals surface area (Å²) in [6, 6.07) is 0. The predicted molar refractivity (Wildman–Crippen MR) is 66.9 cm³/mol. The number of rotatable bonds is 7. The molecule has 0 aliphatic carbocycles. The van der Waals surface area contributed by atoms with Crippen LogP contribution in [0.5, 0.6) is 0 Å². The van der Waals surface area contributed by atoms with Crippen LogP contribution in [0.15, 0.2) is 0 Å². The highest BCUT2D eigenvalue weighted by molar-refractivity contribution is 7.90. The van der Waals surface area contributed by atoms with E-state index in [1.54, 1.807) is 0 Å². The van der Waals surface area contributed by atoms with Gasteiger partial charge in [-0.1, -0.05) is 6.92 Å². The number of halogens is 3. The molecule has 11 heteroatoms. The molecule has 0 aromatic heterocycles. The van der Waals surface area contributed by atoms with E-state index >= 15 is 0 Å². The zero-order chi connectivity index (χ0) is 17.0. The highest BCUT2D eigenvalue weighted by Crippen LogP contribution is 2.31. The van der Waals surface area contributed by atoms with Crippen LogP contribution in [0.2, 0.25) is 0 Å². The van der Waals surface area contributed by atoms with E-state index in [1.807, 2.05) is 6.92 Å². The third kappa shape index (κ3) is 4.83. The average molecular weight is 347 g/mol. The van der Waals surface area contributed by atoms with Gasteiger partial charge < -0.3 is 9.47 Å². The topological polar surface area (TPSA) is 98.8 Å². The third-order valence-electron chi connectivity index (χ3n) is 3.21. The molecule has 1 N–H and O–H groups in total.